The Morgan fingerprint density at radius 1 is 0.826 bits per heavy atom. The Morgan fingerprint density at radius 3 is 2.09 bits per heavy atom. The van der Waals surface area contributed by atoms with Crippen molar-refractivity contribution in [2.45, 2.75) is 90.4 Å². The van der Waals surface area contributed by atoms with Gasteiger partial charge in [0, 0.05) is 32.2 Å². The van der Waals surface area contributed by atoms with Crippen molar-refractivity contribution in [1.82, 2.24) is 0 Å². The van der Waals surface area contributed by atoms with Gasteiger partial charge in [0.25, 0.3) is 0 Å². The van der Waals surface area contributed by atoms with Gasteiger partial charge in [-0.1, -0.05) is 40.0 Å². The second kappa shape index (κ2) is 13.2. The zero-order chi connectivity index (χ0) is 16.9. The van der Waals surface area contributed by atoms with Gasteiger partial charge in [0.15, 0.2) is 0 Å². The minimum atomic E-state index is -0.299. The molecule has 0 saturated heterocycles. The molecule has 4 atom stereocenters. The zero-order valence-electron chi connectivity index (χ0n) is 15.5. The predicted octanol–water partition coefficient (Wildman–Crippen LogP) is 3.94. The molecular weight excluding hydrogens is 292 g/mol. The molecule has 138 valence electrons. The second-order valence-electron chi connectivity index (χ2n) is 6.77. The molecule has 1 saturated carbocycles. The maximum atomic E-state index is 10.2. The van der Waals surface area contributed by atoms with Crippen LogP contribution in [0.1, 0.15) is 72.1 Å². The summed E-state index contributed by atoms with van der Waals surface area (Å²) >= 11 is 0. The number of aliphatic hydroxyl groups excluding tert-OH is 1. The van der Waals surface area contributed by atoms with Crippen LogP contribution in [0.5, 0.6) is 0 Å². The molecule has 1 aliphatic rings. The monoisotopic (exact) mass is 330 g/mol. The van der Waals surface area contributed by atoms with E-state index in [0.717, 1.165) is 64.8 Å². The summed E-state index contributed by atoms with van der Waals surface area (Å²) in [5, 5.41) is 10.2. The molecule has 23 heavy (non-hydrogen) atoms. The molecule has 1 fully saturated rings. The van der Waals surface area contributed by atoms with E-state index in [0.29, 0.717) is 13.0 Å². The standard InChI is InChI=1S/C19H38O4/c1-4-7-10-21-15-16-13-17(20)14-18(22-11-8-5-2)19(16)23-12-9-6-3/h16-20H,4-15H2,1-3H3/t16-,17+,18-,19?/m1/s1. The number of aliphatic hydroxyl groups is 1. The summed E-state index contributed by atoms with van der Waals surface area (Å²) < 4.78 is 18.0. The fourth-order valence-corrected chi connectivity index (χ4v) is 3.08. The molecule has 0 aliphatic heterocycles. The van der Waals surface area contributed by atoms with Crippen LogP contribution in [0.4, 0.5) is 0 Å². The first-order valence-electron chi connectivity index (χ1n) is 9.71. The maximum Gasteiger partial charge on any atom is 0.0888 e. The van der Waals surface area contributed by atoms with Crippen LogP contribution in [0.25, 0.3) is 0 Å². The van der Waals surface area contributed by atoms with E-state index < -0.39 is 0 Å². The van der Waals surface area contributed by atoms with Crippen LogP contribution in [-0.4, -0.2) is 49.8 Å². The topological polar surface area (TPSA) is 47.9 Å². The number of hydrogen-bond acceptors (Lipinski definition) is 4. The van der Waals surface area contributed by atoms with E-state index in [1.54, 1.807) is 0 Å². The van der Waals surface area contributed by atoms with Crippen molar-refractivity contribution in [3.8, 4) is 0 Å². The van der Waals surface area contributed by atoms with Crippen molar-refractivity contribution >= 4 is 0 Å². The Bertz CT molecular complexity index is 272. The highest BCUT2D eigenvalue weighted by Crippen LogP contribution is 2.30. The van der Waals surface area contributed by atoms with E-state index >= 15 is 0 Å². The minimum Gasteiger partial charge on any atom is -0.393 e. The highest BCUT2D eigenvalue weighted by Gasteiger charge is 2.38. The van der Waals surface area contributed by atoms with Crippen LogP contribution < -0.4 is 0 Å². The molecule has 0 radical (unpaired) electrons. The van der Waals surface area contributed by atoms with E-state index in [1.807, 2.05) is 0 Å². The van der Waals surface area contributed by atoms with Crippen molar-refractivity contribution in [2.75, 3.05) is 26.4 Å². The Morgan fingerprint density at radius 2 is 1.43 bits per heavy atom. The second-order valence-corrected chi connectivity index (χ2v) is 6.77. The molecule has 0 aromatic heterocycles. The van der Waals surface area contributed by atoms with Gasteiger partial charge in [-0.25, -0.2) is 0 Å². The van der Waals surface area contributed by atoms with Crippen LogP contribution in [0.2, 0.25) is 0 Å². The number of unbranched alkanes of at least 4 members (excludes halogenated alkanes) is 3. The van der Waals surface area contributed by atoms with Crippen molar-refractivity contribution < 1.29 is 19.3 Å². The fourth-order valence-electron chi connectivity index (χ4n) is 3.08. The van der Waals surface area contributed by atoms with E-state index in [1.165, 1.54) is 0 Å². The van der Waals surface area contributed by atoms with E-state index in [2.05, 4.69) is 20.8 Å². The van der Waals surface area contributed by atoms with E-state index in [4.69, 9.17) is 14.2 Å². The van der Waals surface area contributed by atoms with Gasteiger partial charge >= 0.3 is 0 Å². The summed E-state index contributed by atoms with van der Waals surface area (Å²) in [6.45, 7) is 9.50. The Kier molecular flexibility index (Phi) is 12.0. The van der Waals surface area contributed by atoms with Gasteiger partial charge in [0.05, 0.1) is 24.9 Å². The van der Waals surface area contributed by atoms with Gasteiger partial charge in [-0.15, -0.1) is 0 Å². The first-order chi connectivity index (χ1) is 11.2. The lowest BCUT2D eigenvalue weighted by Gasteiger charge is -2.40. The first-order valence-corrected chi connectivity index (χ1v) is 9.71. The zero-order valence-corrected chi connectivity index (χ0v) is 15.5. The van der Waals surface area contributed by atoms with Crippen molar-refractivity contribution in [3.05, 3.63) is 0 Å². The number of hydrogen-bond donors (Lipinski definition) is 1. The van der Waals surface area contributed by atoms with Crippen molar-refractivity contribution in [2.24, 2.45) is 5.92 Å². The Hall–Kier alpha value is -0.160. The normalized spacial score (nSPS) is 28.2. The molecular formula is C19H38O4. The van der Waals surface area contributed by atoms with Crippen molar-refractivity contribution in [1.29, 1.82) is 0 Å². The molecule has 4 nitrogen and oxygen atoms in total. The first kappa shape index (κ1) is 20.9. The summed E-state index contributed by atoms with van der Waals surface area (Å²) in [4.78, 5) is 0. The molecule has 0 spiro atoms. The predicted molar refractivity (Wildman–Crippen MR) is 93.8 cm³/mol. The third-order valence-electron chi connectivity index (χ3n) is 4.52. The molecule has 0 aromatic rings. The highest BCUT2D eigenvalue weighted by atomic mass is 16.5. The molecule has 1 aliphatic carbocycles. The Labute approximate surface area is 142 Å². The van der Waals surface area contributed by atoms with Gasteiger partial charge in [-0.3, -0.25) is 0 Å². The van der Waals surface area contributed by atoms with Crippen LogP contribution in [0.3, 0.4) is 0 Å². The van der Waals surface area contributed by atoms with Crippen LogP contribution in [0.15, 0.2) is 0 Å². The molecule has 1 rings (SSSR count). The highest BCUT2D eigenvalue weighted by molar-refractivity contribution is 4.88. The summed E-state index contributed by atoms with van der Waals surface area (Å²) in [5.41, 5.74) is 0. The number of ether oxygens (including phenoxy) is 3. The number of rotatable bonds is 13. The Balaban J connectivity index is 2.56. The lowest BCUT2D eigenvalue weighted by molar-refractivity contribution is -0.152. The summed E-state index contributed by atoms with van der Waals surface area (Å²) in [5.74, 6) is 0.235. The quantitative estimate of drug-likeness (QED) is 0.520. The van der Waals surface area contributed by atoms with Crippen LogP contribution >= 0.6 is 0 Å². The maximum absolute atomic E-state index is 10.2. The van der Waals surface area contributed by atoms with E-state index in [9.17, 15) is 5.11 Å². The summed E-state index contributed by atoms with van der Waals surface area (Å²) in [6.07, 6.45) is 7.84. The third kappa shape index (κ3) is 8.48. The average molecular weight is 331 g/mol. The molecule has 0 amide bonds. The lowest BCUT2D eigenvalue weighted by atomic mass is 9.82. The van der Waals surface area contributed by atoms with Crippen molar-refractivity contribution in [3.63, 3.8) is 0 Å². The van der Waals surface area contributed by atoms with Gasteiger partial charge in [0.1, 0.15) is 0 Å². The van der Waals surface area contributed by atoms with Gasteiger partial charge in [-0.05, 0) is 25.7 Å². The summed E-state index contributed by atoms with van der Waals surface area (Å²) in [6, 6.07) is 0. The van der Waals surface area contributed by atoms with Crippen LogP contribution in [0, 0.1) is 5.92 Å². The van der Waals surface area contributed by atoms with Gasteiger partial charge < -0.3 is 19.3 Å². The molecule has 1 N–H and O–H groups in total. The fraction of sp³-hybridized carbons (Fsp3) is 1.00. The van der Waals surface area contributed by atoms with E-state index in [-0.39, 0.29) is 24.2 Å². The minimum absolute atomic E-state index is 0.00179. The molecule has 0 bridgehead atoms. The molecule has 4 heteroatoms. The molecule has 0 heterocycles. The smallest absolute Gasteiger partial charge is 0.0888 e. The summed E-state index contributed by atoms with van der Waals surface area (Å²) in [7, 11) is 0. The molecule has 1 unspecified atom stereocenters. The third-order valence-corrected chi connectivity index (χ3v) is 4.52. The van der Waals surface area contributed by atoms with Crippen LogP contribution in [-0.2, 0) is 14.2 Å². The lowest BCUT2D eigenvalue weighted by Crippen LogP contribution is -2.48. The SMILES string of the molecule is CCCCOC[C@H]1C[C@H](O)C[C@@H](OCCCC)C1OCCCC. The largest absolute Gasteiger partial charge is 0.393 e. The molecule has 0 aromatic carbocycles. The van der Waals surface area contributed by atoms with Gasteiger partial charge in [0.2, 0.25) is 0 Å². The average Bonchev–Trinajstić information content (AvgIpc) is 2.54. The van der Waals surface area contributed by atoms with Gasteiger partial charge in [-0.2, -0.15) is 0 Å².